The molecule has 0 aliphatic heterocycles. The molecule has 1 amide bonds. The summed E-state index contributed by atoms with van der Waals surface area (Å²) >= 11 is 5.66. The summed E-state index contributed by atoms with van der Waals surface area (Å²) in [5.74, 6) is 1.61. The molecule has 0 saturated heterocycles. The van der Waals surface area contributed by atoms with Crippen LogP contribution in [0.4, 0.5) is 0 Å². The first-order valence-electron chi connectivity index (χ1n) is 5.66. The predicted octanol–water partition coefficient (Wildman–Crippen LogP) is 2.98. The van der Waals surface area contributed by atoms with E-state index in [0.717, 1.165) is 25.0 Å². The zero-order chi connectivity index (χ0) is 12.0. The van der Waals surface area contributed by atoms with Gasteiger partial charge in [0.2, 0.25) is 0 Å². The van der Waals surface area contributed by atoms with Gasteiger partial charge in [0, 0.05) is 18.3 Å². The lowest BCUT2D eigenvalue weighted by Crippen LogP contribution is -2.34. The molecule has 0 fully saturated rings. The summed E-state index contributed by atoms with van der Waals surface area (Å²) in [7, 11) is 0. The number of carbonyl (C=O) groups is 1. The predicted molar refractivity (Wildman–Crippen MR) is 65.0 cm³/mol. The molecule has 0 spiro atoms. The molecule has 1 N–H and O–H groups in total. The summed E-state index contributed by atoms with van der Waals surface area (Å²) in [4.78, 5) is 11.8. The van der Waals surface area contributed by atoms with Crippen molar-refractivity contribution >= 4 is 17.5 Å². The minimum atomic E-state index is -0.156. The second-order valence-corrected chi connectivity index (χ2v) is 4.05. The molecule has 16 heavy (non-hydrogen) atoms. The number of halogens is 1. The molecule has 0 aliphatic carbocycles. The summed E-state index contributed by atoms with van der Waals surface area (Å²) in [6.45, 7) is 4.01. The smallest absolute Gasteiger partial charge is 0.287 e. The van der Waals surface area contributed by atoms with Crippen molar-refractivity contribution in [2.45, 2.75) is 39.2 Å². The SMILES string of the molecule is CCc1ccc(C(=O)NC(CC)CCCl)o1. The summed E-state index contributed by atoms with van der Waals surface area (Å²) in [5.41, 5.74) is 0. The van der Waals surface area contributed by atoms with Crippen molar-refractivity contribution in [3.8, 4) is 0 Å². The van der Waals surface area contributed by atoms with Gasteiger partial charge in [0.25, 0.3) is 5.91 Å². The van der Waals surface area contributed by atoms with Crippen LogP contribution in [0.3, 0.4) is 0 Å². The van der Waals surface area contributed by atoms with Crippen molar-refractivity contribution in [3.05, 3.63) is 23.7 Å². The second-order valence-electron chi connectivity index (χ2n) is 3.68. The first-order chi connectivity index (χ1) is 7.71. The topological polar surface area (TPSA) is 42.2 Å². The zero-order valence-corrected chi connectivity index (χ0v) is 10.5. The van der Waals surface area contributed by atoms with Crippen LogP contribution in [0, 0.1) is 0 Å². The van der Waals surface area contributed by atoms with E-state index in [4.69, 9.17) is 16.0 Å². The Morgan fingerprint density at radius 2 is 2.25 bits per heavy atom. The van der Waals surface area contributed by atoms with Crippen molar-refractivity contribution in [3.63, 3.8) is 0 Å². The molecule has 1 aromatic rings. The summed E-state index contributed by atoms with van der Waals surface area (Å²) in [6.07, 6.45) is 2.46. The third kappa shape index (κ3) is 3.56. The van der Waals surface area contributed by atoms with Crippen molar-refractivity contribution in [1.29, 1.82) is 0 Å². The van der Waals surface area contributed by atoms with Gasteiger partial charge in [-0.3, -0.25) is 4.79 Å². The van der Waals surface area contributed by atoms with Gasteiger partial charge in [-0.2, -0.15) is 0 Å². The van der Waals surface area contributed by atoms with Crippen LogP contribution in [0.5, 0.6) is 0 Å². The fourth-order valence-electron chi connectivity index (χ4n) is 1.46. The molecule has 0 aliphatic rings. The van der Waals surface area contributed by atoms with E-state index in [1.165, 1.54) is 0 Å². The molecule has 0 bridgehead atoms. The standard InChI is InChI=1S/C12H18ClNO2/c1-3-9(7-8-13)14-12(15)11-6-5-10(4-2)16-11/h5-6,9H,3-4,7-8H2,1-2H3,(H,14,15). The molecule has 3 nitrogen and oxygen atoms in total. The second kappa shape index (κ2) is 6.59. The largest absolute Gasteiger partial charge is 0.456 e. The molecule has 4 heteroatoms. The number of rotatable bonds is 6. The molecule has 1 rings (SSSR count). The summed E-state index contributed by atoms with van der Waals surface area (Å²) in [6, 6.07) is 3.67. The molecular formula is C12H18ClNO2. The quantitative estimate of drug-likeness (QED) is 0.781. The lowest BCUT2D eigenvalue weighted by molar-refractivity contribution is 0.0905. The highest BCUT2D eigenvalue weighted by Crippen LogP contribution is 2.09. The van der Waals surface area contributed by atoms with E-state index in [1.807, 2.05) is 19.9 Å². The van der Waals surface area contributed by atoms with Gasteiger partial charge < -0.3 is 9.73 Å². The minimum absolute atomic E-state index is 0.125. The Bertz CT molecular complexity index is 336. The van der Waals surface area contributed by atoms with Crippen LogP contribution in [0.2, 0.25) is 0 Å². The molecule has 0 aromatic carbocycles. The average Bonchev–Trinajstić information content (AvgIpc) is 2.76. The van der Waals surface area contributed by atoms with Gasteiger partial charge in [0.15, 0.2) is 5.76 Å². The number of furan rings is 1. The van der Waals surface area contributed by atoms with Crippen molar-refractivity contribution in [2.24, 2.45) is 0 Å². The maximum absolute atomic E-state index is 11.8. The Balaban J connectivity index is 2.56. The van der Waals surface area contributed by atoms with Gasteiger partial charge in [0.1, 0.15) is 5.76 Å². The van der Waals surface area contributed by atoms with Crippen LogP contribution in [0.15, 0.2) is 16.5 Å². The number of nitrogens with one attached hydrogen (secondary N) is 1. The molecule has 1 unspecified atom stereocenters. The third-order valence-corrected chi connectivity index (χ3v) is 2.74. The van der Waals surface area contributed by atoms with Gasteiger partial charge in [-0.15, -0.1) is 11.6 Å². The van der Waals surface area contributed by atoms with E-state index in [2.05, 4.69) is 5.32 Å². The molecule has 90 valence electrons. The molecule has 1 atom stereocenters. The lowest BCUT2D eigenvalue weighted by atomic mass is 10.1. The molecule has 1 aromatic heterocycles. The Labute approximate surface area is 101 Å². The first kappa shape index (κ1) is 13.1. The van der Waals surface area contributed by atoms with Crippen LogP contribution in [0.25, 0.3) is 0 Å². The van der Waals surface area contributed by atoms with E-state index in [-0.39, 0.29) is 11.9 Å². The normalized spacial score (nSPS) is 12.4. The van der Waals surface area contributed by atoms with Crippen molar-refractivity contribution in [1.82, 2.24) is 5.32 Å². The number of hydrogen-bond donors (Lipinski definition) is 1. The highest BCUT2D eigenvalue weighted by molar-refractivity contribution is 6.17. The van der Waals surface area contributed by atoms with Crippen LogP contribution in [0.1, 0.15) is 43.0 Å². The highest BCUT2D eigenvalue weighted by Gasteiger charge is 2.14. The Morgan fingerprint density at radius 3 is 2.75 bits per heavy atom. The number of hydrogen-bond acceptors (Lipinski definition) is 2. The number of alkyl halides is 1. The highest BCUT2D eigenvalue weighted by atomic mass is 35.5. The average molecular weight is 244 g/mol. The Morgan fingerprint density at radius 1 is 1.50 bits per heavy atom. The van der Waals surface area contributed by atoms with Crippen LogP contribution in [-0.4, -0.2) is 17.8 Å². The number of aryl methyl sites for hydroxylation is 1. The van der Waals surface area contributed by atoms with Crippen LogP contribution < -0.4 is 5.32 Å². The molecular weight excluding hydrogens is 226 g/mol. The van der Waals surface area contributed by atoms with Crippen molar-refractivity contribution < 1.29 is 9.21 Å². The third-order valence-electron chi connectivity index (χ3n) is 2.52. The maximum atomic E-state index is 11.8. The monoisotopic (exact) mass is 243 g/mol. The zero-order valence-electron chi connectivity index (χ0n) is 9.75. The summed E-state index contributed by atoms with van der Waals surface area (Å²) in [5, 5.41) is 2.90. The Hall–Kier alpha value is -0.960. The van der Waals surface area contributed by atoms with Crippen LogP contribution >= 0.6 is 11.6 Å². The fourth-order valence-corrected chi connectivity index (χ4v) is 1.72. The molecule has 0 radical (unpaired) electrons. The lowest BCUT2D eigenvalue weighted by Gasteiger charge is -2.14. The van der Waals surface area contributed by atoms with E-state index >= 15 is 0 Å². The Kier molecular flexibility index (Phi) is 5.39. The van der Waals surface area contributed by atoms with E-state index in [1.54, 1.807) is 6.07 Å². The van der Waals surface area contributed by atoms with Gasteiger partial charge in [-0.05, 0) is 25.0 Å². The van der Waals surface area contributed by atoms with Gasteiger partial charge in [-0.1, -0.05) is 13.8 Å². The first-order valence-corrected chi connectivity index (χ1v) is 6.20. The minimum Gasteiger partial charge on any atom is -0.456 e. The fraction of sp³-hybridized carbons (Fsp3) is 0.583. The number of carbonyl (C=O) groups excluding carboxylic acids is 1. The van der Waals surface area contributed by atoms with Crippen LogP contribution in [-0.2, 0) is 6.42 Å². The van der Waals surface area contributed by atoms with E-state index in [9.17, 15) is 4.79 Å². The number of amides is 1. The molecule has 1 heterocycles. The summed E-state index contributed by atoms with van der Waals surface area (Å²) < 4.78 is 5.37. The van der Waals surface area contributed by atoms with E-state index < -0.39 is 0 Å². The van der Waals surface area contributed by atoms with Crippen molar-refractivity contribution in [2.75, 3.05) is 5.88 Å². The van der Waals surface area contributed by atoms with Gasteiger partial charge in [-0.25, -0.2) is 0 Å². The van der Waals surface area contributed by atoms with E-state index in [0.29, 0.717) is 11.6 Å². The molecule has 0 saturated carbocycles. The maximum Gasteiger partial charge on any atom is 0.287 e. The van der Waals surface area contributed by atoms with Gasteiger partial charge >= 0.3 is 0 Å². The van der Waals surface area contributed by atoms with Gasteiger partial charge in [0.05, 0.1) is 0 Å².